The highest BCUT2D eigenvalue weighted by Gasteiger charge is 2.64. The molecule has 1 amide bonds. The van der Waals surface area contributed by atoms with Crippen molar-refractivity contribution in [2.45, 2.75) is 18.0 Å². The first-order valence-corrected chi connectivity index (χ1v) is 6.26. The zero-order chi connectivity index (χ0) is 19.2. The van der Waals surface area contributed by atoms with Crippen LogP contribution in [0.3, 0.4) is 0 Å². The van der Waals surface area contributed by atoms with Gasteiger partial charge in [0.2, 0.25) is 0 Å². The van der Waals surface area contributed by atoms with Gasteiger partial charge in [0, 0.05) is 0 Å². The Labute approximate surface area is 135 Å². The molecule has 1 N–H and O–H groups in total. The van der Waals surface area contributed by atoms with Gasteiger partial charge in [-0.15, -0.1) is 6.42 Å². The molecular weight excluding hydrogens is 360 g/mol. The fraction of sp³-hybridized carbons (Fsp3) is 0.286. The number of halogens is 6. The van der Waals surface area contributed by atoms with E-state index in [-0.39, 0.29) is 6.07 Å². The average Bonchev–Trinajstić information content (AvgIpc) is 2.50. The molecule has 0 saturated carbocycles. The molecule has 1 aromatic carbocycles. The van der Waals surface area contributed by atoms with E-state index in [1.807, 2.05) is 0 Å². The third kappa shape index (κ3) is 2.84. The van der Waals surface area contributed by atoms with Gasteiger partial charge in [0.05, 0.1) is 23.9 Å². The summed E-state index contributed by atoms with van der Waals surface area (Å²) in [5, 5.41) is 1.70. The number of fused-ring (bicyclic) bond motifs is 1. The van der Waals surface area contributed by atoms with Crippen molar-refractivity contribution in [3.63, 3.8) is 0 Å². The highest BCUT2D eigenvalue weighted by molar-refractivity contribution is 6.05. The van der Waals surface area contributed by atoms with Crippen molar-refractivity contribution in [2.24, 2.45) is 0 Å². The summed E-state index contributed by atoms with van der Waals surface area (Å²) in [4.78, 5) is 23.3. The number of benzene rings is 1. The number of ether oxygens (including phenoxy) is 2. The summed E-state index contributed by atoms with van der Waals surface area (Å²) in [6.07, 6.45) is -5.77. The number of alkyl halides is 6. The standard InChI is InChI=1S/C14H7F6NO4/c1-3-12(14(18,19)20)11(23)21-8-4-6(10(22)24-2)7(13(15,16)17)5-9(8)25-12/h1,4-5H,2H3,(H,21,23)/t12-/m1/s1. The molecule has 11 heteroatoms. The van der Waals surface area contributed by atoms with Gasteiger partial charge in [-0.25, -0.2) is 4.79 Å². The summed E-state index contributed by atoms with van der Waals surface area (Å²) in [5.41, 5.74) is -7.01. The zero-order valence-corrected chi connectivity index (χ0v) is 12.1. The van der Waals surface area contributed by atoms with Crippen LogP contribution in [0.2, 0.25) is 0 Å². The van der Waals surface area contributed by atoms with Crippen molar-refractivity contribution in [3.05, 3.63) is 23.3 Å². The Morgan fingerprint density at radius 3 is 2.32 bits per heavy atom. The molecule has 2 rings (SSSR count). The lowest BCUT2D eigenvalue weighted by atomic mass is 9.98. The largest absolute Gasteiger partial charge is 0.465 e. The topological polar surface area (TPSA) is 64.6 Å². The molecule has 1 aliphatic rings. The van der Waals surface area contributed by atoms with Crippen LogP contribution < -0.4 is 10.1 Å². The zero-order valence-electron chi connectivity index (χ0n) is 12.1. The van der Waals surface area contributed by atoms with Crippen molar-refractivity contribution >= 4 is 17.6 Å². The summed E-state index contributed by atoms with van der Waals surface area (Å²) in [6.45, 7) is 0. The van der Waals surface area contributed by atoms with Crippen LogP contribution in [-0.4, -0.2) is 30.8 Å². The van der Waals surface area contributed by atoms with Crippen molar-refractivity contribution < 1.29 is 45.4 Å². The quantitative estimate of drug-likeness (QED) is 0.471. The Morgan fingerprint density at radius 2 is 1.88 bits per heavy atom. The van der Waals surface area contributed by atoms with Gasteiger partial charge in [0.1, 0.15) is 5.75 Å². The van der Waals surface area contributed by atoms with Gasteiger partial charge < -0.3 is 14.8 Å². The van der Waals surface area contributed by atoms with Crippen LogP contribution in [0.25, 0.3) is 0 Å². The lowest BCUT2D eigenvalue weighted by molar-refractivity contribution is -0.221. The van der Waals surface area contributed by atoms with E-state index in [4.69, 9.17) is 6.42 Å². The number of hydrogen-bond acceptors (Lipinski definition) is 4. The van der Waals surface area contributed by atoms with E-state index < -0.39 is 52.4 Å². The molecule has 0 fully saturated rings. The first-order chi connectivity index (χ1) is 11.4. The van der Waals surface area contributed by atoms with Crippen LogP contribution in [0.5, 0.6) is 5.75 Å². The number of esters is 1. The SMILES string of the molecule is C#C[C@@]1(C(F)(F)F)Oc2cc(C(F)(F)F)c(C(=O)OC)cc2NC1=O. The maximum absolute atomic E-state index is 13.1. The molecule has 25 heavy (non-hydrogen) atoms. The minimum Gasteiger partial charge on any atom is -0.465 e. The van der Waals surface area contributed by atoms with E-state index in [1.165, 1.54) is 0 Å². The van der Waals surface area contributed by atoms with Gasteiger partial charge in [0.25, 0.3) is 5.91 Å². The smallest absolute Gasteiger partial charge is 0.450 e. The van der Waals surface area contributed by atoms with Gasteiger partial charge in [-0.3, -0.25) is 4.79 Å². The lowest BCUT2D eigenvalue weighted by Gasteiger charge is -2.35. The monoisotopic (exact) mass is 367 g/mol. The molecule has 1 atom stereocenters. The van der Waals surface area contributed by atoms with Crippen molar-refractivity contribution in [1.29, 1.82) is 0 Å². The number of nitrogens with one attached hydrogen (secondary N) is 1. The number of hydrogen-bond donors (Lipinski definition) is 1. The Morgan fingerprint density at radius 1 is 1.28 bits per heavy atom. The highest BCUT2D eigenvalue weighted by Crippen LogP contribution is 2.45. The number of carbonyl (C=O) groups is 2. The Balaban J connectivity index is 2.70. The van der Waals surface area contributed by atoms with E-state index in [1.54, 1.807) is 5.32 Å². The molecule has 5 nitrogen and oxygen atoms in total. The van der Waals surface area contributed by atoms with Crippen LogP contribution in [0.15, 0.2) is 12.1 Å². The van der Waals surface area contributed by atoms with Crippen molar-refractivity contribution in [2.75, 3.05) is 12.4 Å². The summed E-state index contributed by atoms with van der Waals surface area (Å²) in [5.74, 6) is -3.10. The van der Waals surface area contributed by atoms with Crippen molar-refractivity contribution in [1.82, 2.24) is 0 Å². The molecule has 1 heterocycles. The van der Waals surface area contributed by atoms with Gasteiger partial charge >= 0.3 is 23.9 Å². The molecule has 0 bridgehead atoms. The molecule has 0 radical (unpaired) electrons. The predicted octanol–water partition coefficient (Wildman–Crippen LogP) is 2.76. The molecule has 1 aliphatic heterocycles. The highest BCUT2D eigenvalue weighted by atomic mass is 19.4. The molecule has 1 aromatic rings. The number of carbonyl (C=O) groups excluding carboxylic acids is 2. The van der Waals surface area contributed by atoms with Gasteiger partial charge in [-0.2, -0.15) is 26.3 Å². The minimum absolute atomic E-state index is 0.138. The summed E-state index contributed by atoms with van der Waals surface area (Å²) < 4.78 is 87.2. The third-order valence-electron chi connectivity index (χ3n) is 3.26. The Hall–Kier alpha value is -2.90. The molecule has 0 aliphatic carbocycles. The number of anilines is 1. The molecular formula is C14H7F6NO4. The maximum Gasteiger partial charge on any atom is 0.450 e. The van der Waals surface area contributed by atoms with E-state index >= 15 is 0 Å². The molecule has 0 unspecified atom stereocenters. The van der Waals surface area contributed by atoms with E-state index in [0.29, 0.717) is 6.07 Å². The first-order valence-electron chi connectivity index (χ1n) is 6.26. The minimum atomic E-state index is -5.40. The second-order valence-electron chi connectivity index (χ2n) is 4.76. The van der Waals surface area contributed by atoms with Crippen LogP contribution in [0, 0.1) is 12.3 Å². The molecule has 0 spiro atoms. The summed E-state index contributed by atoms with van der Waals surface area (Å²) >= 11 is 0. The summed E-state index contributed by atoms with van der Waals surface area (Å²) in [6, 6.07) is 0.636. The number of methoxy groups -OCH3 is 1. The van der Waals surface area contributed by atoms with Crippen LogP contribution in [0.4, 0.5) is 32.0 Å². The predicted molar refractivity (Wildman–Crippen MR) is 69.7 cm³/mol. The first kappa shape index (κ1) is 18.4. The number of rotatable bonds is 1. The second kappa shape index (κ2) is 5.58. The molecule has 134 valence electrons. The average molecular weight is 367 g/mol. The maximum atomic E-state index is 13.1. The van der Waals surface area contributed by atoms with Gasteiger partial charge in [0.15, 0.2) is 0 Å². The number of terminal acetylenes is 1. The van der Waals surface area contributed by atoms with Gasteiger partial charge in [-0.05, 0) is 18.1 Å². The van der Waals surface area contributed by atoms with Crippen LogP contribution in [-0.2, 0) is 15.7 Å². The Kier molecular flexibility index (Phi) is 4.11. The van der Waals surface area contributed by atoms with E-state index in [0.717, 1.165) is 13.0 Å². The number of amides is 1. The van der Waals surface area contributed by atoms with E-state index in [2.05, 4.69) is 9.47 Å². The fourth-order valence-electron chi connectivity index (χ4n) is 2.06. The second-order valence-corrected chi connectivity index (χ2v) is 4.76. The van der Waals surface area contributed by atoms with Crippen LogP contribution in [0.1, 0.15) is 15.9 Å². The summed E-state index contributed by atoms with van der Waals surface area (Å²) in [7, 11) is 0.810. The molecule has 0 saturated heterocycles. The van der Waals surface area contributed by atoms with E-state index in [9.17, 15) is 35.9 Å². The van der Waals surface area contributed by atoms with Gasteiger partial charge in [-0.1, -0.05) is 0 Å². The van der Waals surface area contributed by atoms with Crippen molar-refractivity contribution in [3.8, 4) is 18.1 Å². The molecule has 0 aromatic heterocycles. The fourth-order valence-corrected chi connectivity index (χ4v) is 2.06. The lowest BCUT2D eigenvalue weighted by Crippen LogP contribution is -2.60. The normalized spacial score (nSPS) is 20.0. The Bertz CT molecular complexity index is 792. The third-order valence-corrected chi connectivity index (χ3v) is 3.26. The van der Waals surface area contributed by atoms with Crippen LogP contribution >= 0.6 is 0 Å².